The monoisotopic (exact) mass is 186 g/mol. The highest BCUT2D eigenvalue weighted by molar-refractivity contribution is 7.16. The van der Waals surface area contributed by atoms with Crippen LogP contribution in [-0.4, -0.2) is 4.98 Å². The summed E-state index contributed by atoms with van der Waals surface area (Å²) in [7, 11) is 0. The van der Waals surface area contributed by atoms with E-state index in [1.807, 2.05) is 29.8 Å². The summed E-state index contributed by atoms with van der Waals surface area (Å²) < 4.78 is 1.15. The Hall–Kier alpha value is -1.66. The molecule has 1 aromatic heterocycles. The molecular formula is C10H6N2S. The lowest BCUT2D eigenvalue weighted by atomic mass is 10.2. The molecule has 0 atom stereocenters. The molecule has 2 nitrogen and oxygen atoms in total. The lowest BCUT2D eigenvalue weighted by Gasteiger charge is -1.90. The molecule has 0 bridgehead atoms. The summed E-state index contributed by atoms with van der Waals surface area (Å²) in [6, 6.07) is 7.91. The van der Waals surface area contributed by atoms with E-state index in [-0.39, 0.29) is 0 Å². The molecule has 0 spiro atoms. The number of rotatable bonds is 1. The van der Waals surface area contributed by atoms with E-state index in [0.29, 0.717) is 0 Å². The molecule has 2 rings (SSSR count). The third-order valence-electron chi connectivity index (χ3n) is 1.71. The van der Waals surface area contributed by atoms with E-state index in [1.54, 1.807) is 17.4 Å². The largest absolute Gasteiger partial charge is 0.245 e. The van der Waals surface area contributed by atoms with Gasteiger partial charge in [-0.1, -0.05) is 6.07 Å². The lowest BCUT2D eigenvalue weighted by molar-refractivity contribution is 1.50. The van der Waals surface area contributed by atoms with Gasteiger partial charge in [0.1, 0.15) is 0 Å². The fourth-order valence-corrected chi connectivity index (χ4v) is 1.83. The molecule has 0 aliphatic rings. The highest BCUT2D eigenvalue weighted by atomic mass is 32.1. The third-order valence-corrected chi connectivity index (χ3v) is 2.50. The van der Waals surface area contributed by atoms with E-state index in [4.69, 9.17) is 5.26 Å². The zero-order valence-corrected chi connectivity index (χ0v) is 7.58. The van der Waals surface area contributed by atoms with Gasteiger partial charge in [-0.3, -0.25) is 0 Å². The third kappa shape index (κ3) is 1.58. The second kappa shape index (κ2) is 3.38. The minimum Gasteiger partial charge on any atom is -0.245 e. The number of aromatic nitrogens is 1. The average Bonchev–Trinajstić information content (AvgIpc) is 2.61. The van der Waals surface area contributed by atoms with E-state index in [1.165, 1.54) is 6.08 Å². The van der Waals surface area contributed by atoms with Gasteiger partial charge < -0.3 is 0 Å². The van der Waals surface area contributed by atoms with Gasteiger partial charge in [0.2, 0.25) is 0 Å². The van der Waals surface area contributed by atoms with Gasteiger partial charge in [-0.25, -0.2) is 4.98 Å². The summed E-state index contributed by atoms with van der Waals surface area (Å²) in [5.74, 6) is 0. The lowest BCUT2D eigenvalue weighted by Crippen LogP contribution is -1.71. The average molecular weight is 186 g/mol. The van der Waals surface area contributed by atoms with Gasteiger partial charge in [0.25, 0.3) is 0 Å². The number of hydrogen-bond acceptors (Lipinski definition) is 3. The van der Waals surface area contributed by atoms with Crippen LogP contribution in [0, 0.1) is 11.3 Å². The Morgan fingerprint density at radius 2 is 2.38 bits per heavy atom. The Bertz CT molecular complexity index is 491. The van der Waals surface area contributed by atoms with Crippen molar-refractivity contribution < 1.29 is 0 Å². The molecule has 0 aliphatic carbocycles. The maximum absolute atomic E-state index is 8.35. The molecular weight excluding hydrogens is 180 g/mol. The van der Waals surface area contributed by atoms with Gasteiger partial charge in [0, 0.05) is 6.08 Å². The predicted molar refractivity (Wildman–Crippen MR) is 54.3 cm³/mol. The Balaban J connectivity index is 2.49. The topological polar surface area (TPSA) is 36.7 Å². The first-order chi connectivity index (χ1) is 6.40. The van der Waals surface area contributed by atoms with E-state index in [9.17, 15) is 0 Å². The highest BCUT2D eigenvalue weighted by Crippen LogP contribution is 2.19. The minimum absolute atomic E-state index is 1.01. The molecule has 0 unspecified atom stereocenters. The molecule has 13 heavy (non-hydrogen) atoms. The summed E-state index contributed by atoms with van der Waals surface area (Å²) >= 11 is 1.61. The molecule has 0 fully saturated rings. The van der Waals surface area contributed by atoms with Crippen LogP contribution in [0.2, 0.25) is 0 Å². The molecule has 1 heterocycles. The van der Waals surface area contributed by atoms with Crippen LogP contribution in [0.5, 0.6) is 0 Å². The minimum atomic E-state index is 1.01. The fraction of sp³-hybridized carbons (Fsp3) is 0. The van der Waals surface area contributed by atoms with Crippen LogP contribution in [0.25, 0.3) is 16.3 Å². The maximum Gasteiger partial charge on any atom is 0.0912 e. The first kappa shape index (κ1) is 7.96. The van der Waals surface area contributed by atoms with Gasteiger partial charge in [-0.2, -0.15) is 5.26 Å². The van der Waals surface area contributed by atoms with Gasteiger partial charge in [0.15, 0.2) is 0 Å². The van der Waals surface area contributed by atoms with Gasteiger partial charge in [0.05, 0.1) is 21.8 Å². The number of nitriles is 1. The molecule has 0 saturated carbocycles. The van der Waals surface area contributed by atoms with Crippen LogP contribution in [-0.2, 0) is 0 Å². The number of thiazole rings is 1. The van der Waals surface area contributed by atoms with Crippen molar-refractivity contribution in [1.82, 2.24) is 4.98 Å². The molecule has 0 radical (unpaired) electrons. The van der Waals surface area contributed by atoms with E-state index < -0.39 is 0 Å². The van der Waals surface area contributed by atoms with Crippen LogP contribution in [0.3, 0.4) is 0 Å². The summed E-state index contributed by atoms with van der Waals surface area (Å²) in [5, 5.41) is 8.35. The fourth-order valence-electron chi connectivity index (χ4n) is 1.11. The summed E-state index contributed by atoms with van der Waals surface area (Å²) in [5.41, 5.74) is 3.88. The Labute approximate surface area is 79.8 Å². The second-order valence-electron chi connectivity index (χ2n) is 2.54. The van der Waals surface area contributed by atoms with Crippen molar-refractivity contribution in [3.05, 3.63) is 35.3 Å². The van der Waals surface area contributed by atoms with E-state index in [0.717, 1.165) is 15.8 Å². The summed E-state index contributed by atoms with van der Waals surface area (Å²) in [6.45, 7) is 0. The zero-order chi connectivity index (χ0) is 9.10. The number of fused-ring (bicyclic) bond motifs is 1. The van der Waals surface area contributed by atoms with Crippen molar-refractivity contribution >= 4 is 27.6 Å². The van der Waals surface area contributed by atoms with E-state index >= 15 is 0 Å². The Kier molecular flexibility index (Phi) is 2.07. The highest BCUT2D eigenvalue weighted by Gasteiger charge is 1.95. The Morgan fingerprint density at radius 1 is 1.46 bits per heavy atom. The van der Waals surface area contributed by atoms with Crippen LogP contribution >= 0.6 is 11.3 Å². The van der Waals surface area contributed by atoms with Crippen molar-refractivity contribution in [3.63, 3.8) is 0 Å². The number of hydrogen-bond donors (Lipinski definition) is 0. The molecule has 0 saturated heterocycles. The van der Waals surface area contributed by atoms with Crippen LogP contribution in [0.1, 0.15) is 5.56 Å². The molecule has 0 amide bonds. The second-order valence-corrected chi connectivity index (χ2v) is 3.43. The number of benzene rings is 1. The summed E-state index contributed by atoms with van der Waals surface area (Å²) in [6.07, 6.45) is 3.27. The van der Waals surface area contributed by atoms with E-state index in [2.05, 4.69) is 4.98 Å². The number of allylic oxidation sites excluding steroid dienone is 1. The zero-order valence-electron chi connectivity index (χ0n) is 6.77. The van der Waals surface area contributed by atoms with Crippen LogP contribution in [0.4, 0.5) is 0 Å². The van der Waals surface area contributed by atoms with Crippen LogP contribution < -0.4 is 0 Å². The van der Waals surface area contributed by atoms with Gasteiger partial charge in [-0.05, 0) is 23.8 Å². The van der Waals surface area contributed by atoms with Gasteiger partial charge >= 0.3 is 0 Å². The van der Waals surface area contributed by atoms with Gasteiger partial charge in [-0.15, -0.1) is 11.3 Å². The van der Waals surface area contributed by atoms with Crippen LogP contribution in [0.15, 0.2) is 29.8 Å². The SMILES string of the molecule is N#CC=Cc1ccc2ncsc2c1. The molecule has 0 aliphatic heterocycles. The molecule has 3 heteroatoms. The van der Waals surface area contributed by atoms with Crippen molar-refractivity contribution in [3.8, 4) is 6.07 Å². The number of nitrogens with zero attached hydrogens (tertiary/aromatic N) is 2. The smallest absolute Gasteiger partial charge is 0.0912 e. The van der Waals surface area contributed by atoms with Crippen molar-refractivity contribution in [2.24, 2.45) is 0 Å². The summed E-state index contributed by atoms with van der Waals surface area (Å²) in [4.78, 5) is 4.17. The predicted octanol–water partition coefficient (Wildman–Crippen LogP) is 2.83. The standard InChI is InChI=1S/C10H6N2S/c11-5-1-2-8-3-4-9-10(6-8)13-7-12-9/h1-4,6-7H. The molecule has 62 valence electrons. The normalized spacial score (nSPS) is 10.7. The molecule has 2 aromatic rings. The molecule has 1 aromatic carbocycles. The van der Waals surface area contributed by atoms with Crippen molar-refractivity contribution in [2.75, 3.05) is 0 Å². The quantitative estimate of drug-likeness (QED) is 0.642. The molecule has 0 N–H and O–H groups in total. The van der Waals surface area contributed by atoms with Crippen molar-refractivity contribution in [1.29, 1.82) is 5.26 Å². The van der Waals surface area contributed by atoms with Crippen molar-refractivity contribution in [2.45, 2.75) is 0 Å². The maximum atomic E-state index is 8.35. The first-order valence-corrected chi connectivity index (χ1v) is 4.67. The first-order valence-electron chi connectivity index (χ1n) is 3.79. The Morgan fingerprint density at radius 3 is 3.23 bits per heavy atom.